The van der Waals surface area contributed by atoms with Crippen LogP contribution >= 0.6 is 31.9 Å². The Kier molecular flexibility index (Phi) is 6.72. The largest absolute Gasteiger partial charge is 0.494 e. The van der Waals surface area contributed by atoms with Crippen LogP contribution in [0.3, 0.4) is 0 Å². The summed E-state index contributed by atoms with van der Waals surface area (Å²) in [5, 5.41) is 0. The zero-order valence-electron chi connectivity index (χ0n) is 14.5. The Morgan fingerprint density at radius 3 is 2.44 bits per heavy atom. The minimum Gasteiger partial charge on any atom is -0.494 e. The number of benzene rings is 1. The Hall–Kier alpha value is -1.73. The predicted octanol–water partition coefficient (Wildman–Crippen LogP) is 4.78. The monoisotopic (exact) mass is 467 g/mol. The third-order valence-electron chi connectivity index (χ3n) is 3.47. The molecule has 0 fully saturated rings. The lowest BCUT2D eigenvalue weighted by atomic mass is 10.1. The Balaban J connectivity index is 0.00000109. The number of H-pyrrole nitrogens is 1. The van der Waals surface area contributed by atoms with E-state index in [4.69, 9.17) is 4.74 Å². The van der Waals surface area contributed by atoms with Crippen LogP contribution in [-0.4, -0.2) is 22.1 Å². The summed E-state index contributed by atoms with van der Waals surface area (Å²) in [7, 11) is 1.61. The van der Waals surface area contributed by atoms with Gasteiger partial charge in [-0.3, -0.25) is 4.79 Å². The molecule has 2 aromatic heterocycles. The molecule has 7 heteroatoms. The highest BCUT2D eigenvalue weighted by atomic mass is 79.9. The van der Waals surface area contributed by atoms with Crippen LogP contribution in [0.4, 0.5) is 0 Å². The Bertz CT molecular complexity index is 932. The van der Waals surface area contributed by atoms with Gasteiger partial charge in [-0.15, -0.1) is 0 Å². The number of hydrogen-bond acceptors (Lipinski definition) is 4. The maximum Gasteiger partial charge on any atom is 0.275 e. The fourth-order valence-electron chi connectivity index (χ4n) is 2.49. The van der Waals surface area contributed by atoms with Crippen molar-refractivity contribution in [2.75, 3.05) is 7.11 Å². The van der Waals surface area contributed by atoms with E-state index in [9.17, 15) is 4.79 Å². The van der Waals surface area contributed by atoms with E-state index in [1.165, 1.54) is 6.20 Å². The van der Waals surface area contributed by atoms with E-state index < -0.39 is 0 Å². The molecule has 0 amide bonds. The fraction of sp³-hybridized carbons (Fsp3) is 0.278. The second-order valence-corrected chi connectivity index (χ2v) is 6.79. The van der Waals surface area contributed by atoms with Crippen molar-refractivity contribution in [3.05, 3.63) is 60.6 Å². The summed E-state index contributed by atoms with van der Waals surface area (Å²) in [4.78, 5) is 23.8. The molecule has 0 bridgehead atoms. The first-order valence-corrected chi connectivity index (χ1v) is 9.44. The summed E-state index contributed by atoms with van der Waals surface area (Å²) in [5.41, 5.74) is 2.72. The molecule has 0 saturated heterocycles. The second kappa shape index (κ2) is 8.58. The van der Waals surface area contributed by atoms with Crippen molar-refractivity contribution in [3.63, 3.8) is 0 Å². The molecule has 132 valence electrons. The summed E-state index contributed by atoms with van der Waals surface area (Å²) < 4.78 is 6.95. The van der Waals surface area contributed by atoms with Crippen molar-refractivity contribution in [1.82, 2.24) is 15.0 Å². The smallest absolute Gasteiger partial charge is 0.275 e. The molecule has 0 aliphatic rings. The van der Waals surface area contributed by atoms with Crippen LogP contribution in [0.15, 0.2) is 38.1 Å². The second-order valence-electron chi connectivity index (χ2n) is 5.08. The topological polar surface area (TPSA) is 67.9 Å². The lowest BCUT2D eigenvalue weighted by Gasteiger charge is -2.09. The molecule has 5 nitrogen and oxygen atoms in total. The molecule has 2 heterocycles. The summed E-state index contributed by atoms with van der Waals surface area (Å²) in [6.07, 6.45) is 1.94. The number of methoxy groups -OCH3 is 1. The number of ether oxygens (including phenoxy) is 1. The van der Waals surface area contributed by atoms with Crippen molar-refractivity contribution >= 4 is 42.9 Å². The highest BCUT2D eigenvalue weighted by Crippen LogP contribution is 2.35. The molecule has 3 rings (SSSR count). The number of rotatable bonds is 3. The van der Waals surface area contributed by atoms with Crippen LogP contribution in [0, 0.1) is 6.92 Å². The fourth-order valence-corrected chi connectivity index (χ4v) is 4.10. The lowest BCUT2D eigenvalue weighted by Crippen LogP contribution is -2.10. The first-order chi connectivity index (χ1) is 12.0. The molecule has 1 aromatic carbocycles. The normalized spacial score (nSPS) is 10.3. The van der Waals surface area contributed by atoms with Crippen molar-refractivity contribution < 1.29 is 4.74 Å². The summed E-state index contributed by atoms with van der Waals surface area (Å²) >= 11 is 6.97. The van der Waals surface area contributed by atoms with Gasteiger partial charge in [-0.05, 0) is 62.5 Å². The van der Waals surface area contributed by atoms with Gasteiger partial charge in [-0.2, -0.15) is 0 Å². The summed E-state index contributed by atoms with van der Waals surface area (Å²) in [6, 6.07) is 5.63. The van der Waals surface area contributed by atoms with Gasteiger partial charge in [0.25, 0.3) is 5.56 Å². The van der Waals surface area contributed by atoms with Crippen molar-refractivity contribution in [1.29, 1.82) is 0 Å². The van der Waals surface area contributed by atoms with Gasteiger partial charge in [0.2, 0.25) is 0 Å². The van der Waals surface area contributed by atoms with Crippen LogP contribution in [0.2, 0.25) is 0 Å². The molecule has 25 heavy (non-hydrogen) atoms. The molecule has 0 spiro atoms. The average molecular weight is 469 g/mol. The van der Waals surface area contributed by atoms with Crippen molar-refractivity contribution in [2.45, 2.75) is 27.2 Å². The number of aryl methyl sites for hydroxylation is 1. The van der Waals surface area contributed by atoms with E-state index in [2.05, 4.69) is 46.8 Å². The SMILES string of the molecule is CC.COc1c(Br)cc(Cc2c(=O)nccc3[nH]c(C)nc23)cc1Br. The third-order valence-corrected chi connectivity index (χ3v) is 4.65. The van der Waals surface area contributed by atoms with Gasteiger partial charge >= 0.3 is 0 Å². The zero-order chi connectivity index (χ0) is 18.6. The molecule has 0 atom stereocenters. The van der Waals surface area contributed by atoms with E-state index in [1.807, 2.05) is 32.9 Å². The average Bonchev–Trinajstić information content (AvgIpc) is 2.88. The molecule has 0 radical (unpaired) electrons. The van der Waals surface area contributed by atoms with Gasteiger partial charge < -0.3 is 9.72 Å². The van der Waals surface area contributed by atoms with E-state index in [0.717, 1.165) is 25.8 Å². The number of nitrogens with one attached hydrogen (secondary N) is 1. The van der Waals surface area contributed by atoms with E-state index in [-0.39, 0.29) is 5.56 Å². The van der Waals surface area contributed by atoms with Gasteiger partial charge in [0.1, 0.15) is 11.6 Å². The molecule has 1 N–H and O–H groups in total. The first kappa shape index (κ1) is 19.6. The number of nitrogens with zero attached hydrogens (tertiary/aromatic N) is 2. The van der Waals surface area contributed by atoms with Gasteiger partial charge in [-0.25, -0.2) is 9.97 Å². The number of aromatic amines is 1. The van der Waals surface area contributed by atoms with Crippen LogP contribution in [-0.2, 0) is 6.42 Å². The summed E-state index contributed by atoms with van der Waals surface area (Å²) in [5.74, 6) is 1.48. The van der Waals surface area contributed by atoms with Gasteiger partial charge in [0.05, 0.1) is 32.7 Å². The zero-order valence-corrected chi connectivity index (χ0v) is 17.7. The van der Waals surface area contributed by atoms with E-state index >= 15 is 0 Å². The maximum atomic E-state index is 12.3. The van der Waals surface area contributed by atoms with Gasteiger partial charge in [0, 0.05) is 12.6 Å². The Morgan fingerprint density at radius 1 is 1.20 bits per heavy atom. The minimum absolute atomic E-state index is 0.269. The molecule has 0 aliphatic carbocycles. The highest BCUT2D eigenvalue weighted by molar-refractivity contribution is 9.11. The number of hydrogen-bond donors (Lipinski definition) is 1. The van der Waals surface area contributed by atoms with E-state index in [0.29, 0.717) is 23.3 Å². The van der Waals surface area contributed by atoms with Gasteiger partial charge in [-0.1, -0.05) is 13.8 Å². The van der Waals surface area contributed by atoms with Crippen LogP contribution < -0.4 is 10.3 Å². The van der Waals surface area contributed by atoms with Crippen LogP contribution in [0.5, 0.6) is 5.75 Å². The third kappa shape index (κ3) is 4.27. The van der Waals surface area contributed by atoms with Crippen LogP contribution in [0.25, 0.3) is 11.0 Å². The highest BCUT2D eigenvalue weighted by Gasteiger charge is 2.13. The van der Waals surface area contributed by atoms with Crippen molar-refractivity contribution in [2.24, 2.45) is 0 Å². The molecule has 0 saturated carbocycles. The Labute approximate surface area is 163 Å². The number of fused-ring (bicyclic) bond motifs is 1. The van der Waals surface area contributed by atoms with Gasteiger partial charge in [0.15, 0.2) is 0 Å². The molecule has 3 aromatic rings. The quantitative estimate of drug-likeness (QED) is 0.600. The number of imidazole rings is 1. The first-order valence-electron chi connectivity index (χ1n) is 7.86. The Morgan fingerprint density at radius 2 is 1.84 bits per heavy atom. The predicted molar refractivity (Wildman–Crippen MR) is 107 cm³/mol. The standard InChI is InChI=1S/C16H13Br2N3O2.C2H6/c1-8-20-13-3-4-19-16(22)10(14(13)21-8)5-9-6-11(17)15(23-2)12(18)7-9;1-2/h3-4,6-7H,5H2,1-2H3,(H,20,21);1-2H3. The van der Waals surface area contributed by atoms with Crippen LogP contribution in [0.1, 0.15) is 30.8 Å². The number of halogens is 2. The van der Waals surface area contributed by atoms with E-state index in [1.54, 1.807) is 13.2 Å². The maximum absolute atomic E-state index is 12.3. The molecular weight excluding hydrogens is 450 g/mol. The lowest BCUT2D eigenvalue weighted by molar-refractivity contribution is 0.409. The summed E-state index contributed by atoms with van der Waals surface area (Å²) in [6.45, 7) is 5.86. The molecular formula is C18H19Br2N3O2. The van der Waals surface area contributed by atoms with Crippen molar-refractivity contribution in [3.8, 4) is 5.75 Å². The molecule has 0 aliphatic heterocycles. The minimum atomic E-state index is -0.269. The number of aromatic nitrogens is 3. The molecule has 0 unspecified atom stereocenters.